The van der Waals surface area contributed by atoms with Crippen LogP contribution in [-0.2, 0) is 28.6 Å². The SMILES string of the molecule is CC/C=C\C/C=C\C/C=C\C/C=C\CCCCCCCCCCC(=O)OC(COC(=O)CCCCCCCCCCC/C=C\C/C=C\CCCCC)COC(=O)CCCCCCCCCCCCCCCCCCCCCCCC. The zero-order chi connectivity index (χ0) is 57.8. The van der Waals surface area contributed by atoms with Crippen molar-refractivity contribution in [2.24, 2.45) is 0 Å². The maximum absolute atomic E-state index is 13.0. The minimum Gasteiger partial charge on any atom is -0.462 e. The number of carbonyl (C=O) groups excluding carboxylic acids is 3. The Morgan fingerprint density at radius 3 is 0.787 bits per heavy atom. The monoisotopic (exact) mass is 1120 g/mol. The Hall–Kier alpha value is -3.15. The van der Waals surface area contributed by atoms with Gasteiger partial charge in [-0.1, -0.05) is 325 Å². The molecule has 0 aromatic heterocycles. The average Bonchev–Trinajstić information content (AvgIpc) is 3.46. The van der Waals surface area contributed by atoms with Crippen LogP contribution < -0.4 is 0 Å². The van der Waals surface area contributed by atoms with E-state index >= 15 is 0 Å². The Bertz CT molecular complexity index is 1470. The highest BCUT2D eigenvalue weighted by molar-refractivity contribution is 5.71. The lowest BCUT2D eigenvalue weighted by atomic mass is 10.0. The molecule has 0 spiro atoms. The van der Waals surface area contributed by atoms with Crippen LogP contribution in [0.25, 0.3) is 0 Å². The molecular formula is C74H132O6. The van der Waals surface area contributed by atoms with Gasteiger partial charge in [-0.05, 0) is 89.9 Å². The molecule has 0 aliphatic heterocycles. The summed E-state index contributed by atoms with van der Waals surface area (Å²) in [5.41, 5.74) is 0. The topological polar surface area (TPSA) is 78.9 Å². The highest BCUT2D eigenvalue weighted by atomic mass is 16.6. The highest BCUT2D eigenvalue weighted by Crippen LogP contribution is 2.18. The smallest absolute Gasteiger partial charge is 0.306 e. The van der Waals surface area contributed by atoms with Crippen molar-refractivity contribution >= 4 is 17.9 Å². The highest BCUT2D eigenvalue weighted by Gasteiger charge is 2.19. The first-order valence-corrected chi connectivity index (χ1v) is 34.9. The molecule has 6 heteroatoms. The first kappa shape index (κ1) is 76.9. The Morgan fingerprint density at radius 1 is 0.263 bits per heavy atom. The molecule has 0 aromatic rings. The van der Waals surface area contributed by atoms with E-state index in [9.17, 15) is 14.4 Å². The summed E-state index contributed by atoms with van der Waals surface area (Å²) < 4.78 is 17.0. The van der Waals surface area contributed by atoms with E-state index in [0.717, 1.165) is 96.3 Å². The first-order chi connectivity index (χ1) is 39.5. The minimum absolute atomic E-state index is 0.0764. The van der Waals surface area contributed by atoms with E-state index in [-0.39, 0.29) is 31.1 Å². The van der Waals surface area contributed by atoms with Gasteiger partial charge >= 0.3 is 17.9 Å². The second-order valence-corrected chi connectivity index (χ2v) is 23.4. The third-order valence-electron chi connectivity index (χ3n) is 15.4. The van der Waals surface area contributed by atoms with Gasteiger partial charge < -0.3 is 14.2 Å². The number of hydrogen-bond acceptors (Lipinski definition) is 6. The molecule has 6 nitrogen and oxygen atoms in total. The number of carbonyl (C=O) groups is 3. The molecule has 0 aliphatic carbocycles. The molecule has 0 N–H and O–H groups in total. The zero-order valence-electron chi connectivity index (χ0n) is 53.3. The van der Waals surface area contributed by atoms with Gasteiger partial charge in [0, 0.05) is 19.3 Å². The number of unbranched alkanes of at least 4 members (excludes halogenated alkanes) is 41. The fourth-order valence-electron chi connectivity index (χ4n) is 10.2. The van der Waals surface area contributed by atoms with Gasteiger partial charge in [-0.2, -0.15) is 0 Å². The van der Waals surface area contributed by atoms with Crippen LogP contribution in [0.5, 0.6) is 0 Å². The lowest BCUT2D eigenvalue weighted by Crippen LogP contribution is -2.30. The summed E-state index contributed by atoms with van der Waals surface area (Å²) in [5, 5.41) is 0. The normalized spacial score (nSPS) is 12.5. The van der Waals surface area contributed by atoms with Crippen LogP contribution in [0, 0.1) is 0 Å². The van der Waals surface area contributed by atoms with E-state index < -0.39 is 6.10 Å². The standard InChI is InChI=1S/C74H132O6/c1-4-7-10-13-16-19-22-25-28-31-34-36-38-40-43-46-49-52-55-58-61-64-67-73(76)79-70-71(69-78-72(75)66-63-60-57-54-51-48-45-42-39-33-30-27-24-21-18-15-12-9-6-3)80-74(77)68-65-62-59-56-53-50-47-44-41-37-35-32-29-26-23-20-17-14-11-8-5-2/h8,11,17-18,20-21,26-27,29-30,35,37,71H,4-7,9-10,12-16,19,22-25,28,31-34,36,38-70H2,1-3H3/b11-8-,20-17-,21-18-,29-26-,30-27-,37-35-. The Balaban J connectivity index is 4.36. The van der Waals surface area contributed by atoms with E-state index in [0.29, 0.717) is 19.3 Å². The van der Waals surface area contributed by atoms with E-state index in [1.54, 1.807) is 0 Å². The summed E-state index contributed by atoms with van der Waals surface area (Å²) in [6.45, 7) is 6.56. The van der Waals surface area contributed by atoms with E-state index in [1.807, 2.05) is 0 Å². The third kappa shape index (κ3) is 65.7. The fourth-order valence-corrected chi connectivity index (χ4v) is 10.2. The number of hydrogen-bond donors (Lipinski definition) is 0. The van der Waals surface area contributed by atoms with Crippen LogP contribution in [0.4, 0.5) is 0 Å². The van der Waals surface area contributed by atoms with Gasteiger partial charge in [0.15, 0.2) is 6.10 Å². The van der Waals surface area contributed by atoms with Crippen molar-refractivity contribution in [3.63, 3.8) is 0 Å². The molecule has 0 saturated heterocycles. The number of esters is 3. The summed E-state index contributed by atoms with van der Waals surface area (Å²) >= 11 is 0. The molecule has 80 heavy (non-hydrogen) atoms. The number of ether oxygens (including phenoxy) is 3. The molecule has 1 atom stereocenters. The van der Waals surface area contributed by atoms with Crippen molar-refractivity contribution in [2.75, 3.05) is 13.2 Å². The van der Waals surface area contributed by atoms with E-state index in [2.05, 4.69) is 93.7 Å². The molecule has 0 radical (unpaired) electrons. The van der Waals surface area contributed by atoms with Gasteiger partial charge in [0.2, 0.25) is 0 Å². The first-order valence-electron chi connectivity index (χ1n) is 34.9. The third-order valence-corrected chi connectivity index (χ3v) is 15.4. The molecule has 0 heterocycles. The maximum atomic E-state index is 13.0. The molecule has 0 aromatic carbocycles. The summed E-state index contributed by atoms with van der Waals surface area (Å²) in [6, 6.07) is 0. The van der Waals surface area contributed by atoms with Crippen LogP contribution in [-0.4, -0.2) is 37.2 Å². The lowest BCUT2D eigenvalue weighted by molar-refractivity contribution is -0.167. The van der Waals surface area contributed by atoms with Crippen LogP contribution in [0.3, 0.4) is 0 Å². The quantitative estimate of drug-likeness (QED) is 0.0261. The van der Waals surface area contributed by atoms with Gasteiger partial charge in [0.1, 0.15) is 13.2 Å². The molecule has 0 fully saturated rings. The molecule has 464 valence electrons. The van der Waals surface area contributed by atoms with Crippen molar-refractivity contribution in [3.8, 4) is 0 Å². The van der Waals surface area contributed by atoms with Crippen molar-refractivity contribution in [2.45, 2.75) is 367 Å². The number of rotatable bonds is 64. The van der Waals surface area contributed by atoms with Crippen LogP contribution in [0.15, 0.2) is 72.9 Å². The number of allylic oxidation sites excluding steroid dienone is 12. The van der Waals surface area contributed by atoms with Gasteiger partial charge in [-0.15, -0.1) is 0 Å². The molecule has 0 amide bonds. The van der Waals surface area contributed by atoms with Gasteiger partial charge in [0.25, 0.3) is 0 Å². The van der Waals surface area contributed by atoms with Crippen LogP contribution in [0.2, 0.25) is 0 Å². The molecule has 0 rings (SSSR count). The van der Waals surface area contributed by atoms with Crippen molar-refractivity contribution in [1.82, 2.24) is 0 Å². The lowest BCUT2D eigenvalue weighted by Gasteiger charge is -2.18. The van der Waals surface area contributed by atoms with Crippen LogP contribution >= 0.6 is 0 Å². The summed E-state index contributed by atoms with van der Waals surface area (Å²) in [4.78, 5) is 38.5. The predicted molar refractivity (Wildman–Crippen MR) is 348 cm³/mol. The van der Waals surface area contributed by atoms with Crippen molar-refractivity contribution in [1.29, 1.82) is 0 Å². The zero-order valence-corrected chi connectivity index (χ0v) is 53.3. The fraction of sp³-hybridized carbons (Fsp3) is 0.797. The van der Waals surface area contributed by atoms with Gasteiger partial charge in [0.05, 0.1) is 0 Å². The minimum atomic E-state index is -0.782. The predicted octanol–water partition coefficient (Wildman–Crippen LogP) is 24.1. The molecule has 1 unspecified atom stereocenters. The van der Waals surface area contributed by atoms with E-state index in [4.69, 9.17) is 14.2 Å². The molecule has 0 aliphatic rings. The molecule has 0 bridgehead atoms. The summed E-state index contributed by atoms with van der Waals surface area (Å²) in [7, 11) is 0. The van der Waals surface area contributed by atoms with E-state index in [1.165, 1.54) is 225 Å². The van der Waals surface area contributed by atoms with Crippen molar-refractivity contribution in [3.05, 3.63) is 72.9 Å². The Kier molecular flexibility index (Phi) is 65.7. The summed E-state index contributed by atoms with van der Waals surface area (Å²) in [5.74, 6) is -0.866. The Morgan fingerprint density at radius 2 is 0.487 bits per heavy atom. The van der Waals surface area contributed by atoms with Gasteiger partial charge in [-0.3, -0.25) is 14.4 Å². The van der Waals surface area contributed by atoms with Gasteiger partial charge in [-0.25, -0.2) is 0 Å². The average molecular weight is 1120 g/mol. The largest absolute Gasteiger partial charge is 0.462 e. The van der Waals surface area contributed by atoms with Crippen molar-refractivity contribution < 1.29 is 28.6 Å². The maximum Gasteiger partial charge on any atom is 0.306 e. The molecule has 0 saturated carbocycles. The Labute approximate surface area is 497 Å². The second kappa shape index (κ2) is 68.3. The van der Waals surface area contributed by atoms with Crippen LogP contribution in [0.1, 0.15) is 361 Å². The second-order valence-electron chi connectivity index (χ2n) is 23.4. The summed E-state index contributed by atoms with van der Waals surface area (Å²) in [6.07, 6.45) is 89.2. The molecular weight excluding hydrogens is 985 g/mol.